The molecule has 1 amide bonds. The number of carbonyl (C=O) groups excluding carboxylic acids is 1. The van der Waals surface area contributed by atoms with Crippen molar-refractivity contribution in [2.45, 2.75) is 6.92 Å². The highest BCUT2D eigenvalue weighted by Gasteiger charge is 2.16. The first kappa shape index (κ1) is 14.4. The monoisotopic (exact) mass is 311 g/mol. The molecule has 0 fully saturated rings. The summed E-state index contributed by atoms with van der Waals surface area (Å²) in [5.41, 5.74) is 0.794. The van der Waals surface area contributed by atoms with E-state index in [-0.39, 0.29) is 17.0 Å². The molecular weight excluding hydrogens is 302 g/mol. The van der Waals surface area contributed by atoms with Gasteiger partial charge in [0.25, 0.3) is 5.91 Å². The number of carboxylic acid groups (broad SMARTS) is 1. The fourth-order valence-corrected chi connectivity index (χ4v) is 2.73. The molecule has 0 saturated heterocycles. The smallest absolute Gasteiger partial charge is 0.339 e. The van der Waals surface area contributed by atoms with Gasteiger partial charge in [0.2, 0.25) is 0 Å². The van der Waals surface area contributed by atoms with Crippen molar-refractivity contribution in [1.82, 2.24) is 0 Å². The molecule has 0 aliphatic carbocycles. The van der Waals surface area contributed by atoms with E-state index in [1.165, 1.54) is 29.5 Å². The number of amides is 1. The number of halogens is 1. The molecule has 2 rings (SSSR count). The van der Waals surface area contributed by atoms with Crippen LogP contribution in [0.4, 0.5) is 5.69 Å². The van der Waals surface area contributed by atoms with E-state index in [1.54, 1.807) is 12.3 Å². The average molecular weight is 312 g/mol. The van der Waals surface area contributed by atoms with Crippen molar-refractivity contribution in [1.29, 1.82) is 0 Å². The summed E-state index contributed by atoms with van der Waals surface area (Å²) in [4.78, 5) is 23.3. The molecule has 1 aromatic carbocycles. The van der Waals surface area contributed by atoms with Crippen molar-refractivity contribution >= 4 is 40.5 Å². The van der Waals surface area contributed by atoms with Gasteiger partial charge >= 0.3 is 5.97 Å². The van der Waals surface area contributed by atoms with Gasteiger partial charge in [0.1, 0.15) is 16.2 Å². The predicted molar refractivity (Wildman–Crippen MR) is 77.1 cm³/mol. The molecule has 5 nitrogen and oxygen atoms in total. The number of aromatic hydroxyl groups is 1. The zero-order valence-electron chi connectivity index (χ0n) is 10.3. The maximum absolute atomic E-state index is 12.0. The molecule has 20 heavy (non-hydrogen) atoms. The SMILES string of the molecule is Cc1csc(C(=O)Nc2ccc(O)c(C(=O)O)c2)c1Cl. The third-order valence-corrected chi connectivity index (χ3v) is 4.29. The lowest BCUT2D eigenvalue weighted by Gasteiger charge is -2.06. The van der Waals surface area contributed by atoms with Gasteiger partial charge in [-0.2, -0.15) is 0 Å². The molecule has 7 heteroatoms. The molecule has 104 valence electrons. The van der Waals surface area contributed by atoms with Crippen LogP contribution in [0.5, 0.6) is 5.75 Å². The summed E-state index contributed by atoms with van der Waals surface area (Å²) in [5, 5.41) is 23.0. The maximum atomic E-state index is 12.0. The van der Waals surface area contributed by atoms with Crippen LogP contribution >= 0.6 is 22.9 Å². The minimum Gasteiger partial charge on any atom is -0.507 e. The summed E-state index contributed by atoms with van der Waals surface area (Å²) in [6, 6.07) is 3.80. The van der Waals surface area contributed by atoms with E-state index < -0.39 is 11.9 Å². The molecule has 0 bridgehead atoms. The van der Waals surface area contributed by atoms with Gasteiger partial charge < -0.3 is 15.5 Å². The number of benzene rings is 1. The van der Waals surface area contributed by atoms with E-state index in [0.29, 0.717) is 9.90 Å². The third kappa shape index (κ3) is 2.76. The number of hydrogen-bond acceptors (Lipinski definition) is 4. The number of aryl methyl sites for hydroxylation is 1. The summed E-state index contributed by atoms with van der Waals surface area (Å²) >= 11 is 7.20. The number of anilines is 1. The lowest BCUT2D eigenvalue weighted by Crippen LogP contribution is -2.11. The molecule has 1 aromatic heterocycles. The second-order valence-corrected chi connectivity index (χ2v) is 5.31. The first-order valence-corrected chi connectivity index (χ1v) is 6.77. The van der Waals surface area contributed by atoms with Gasteiger partial charge in [-0.05, 0) is 36.1 Å². The molecule has 0 saturated carbocycles. The van der Waals surface area contributed by atoms with Crippen LogP contribution in [-0.2, 0) is 0 Å². The Hall–Kier alpha value is -2.05. The Kier molecular flexibility index (Phi) is 3.96. The third-order valence-electron chi connectivity index (χ3n) is 2.59. The van der Waals surface area contributed by atoms with Crippen molar-refractivity contribution in [3.05, 3.63) is 44.6 Å². The highest BCUT2D eigenvalue weighted by Crippen LogP contribution is 2.28. The van der Waals surface area contributed by atoms with E-state index in [1.807, 2.05) is 0 Å². The van der Waals surface area contributed by atoms with Crippen LogP contribution in [0.25, 0.3) is 0 Å². The Morgan fingerprint density at radius 2 is 2.05 bits per heavy atom. The van der Waals surface area contributed by atoms with Crippen LogP contribution in [-0.4, -0.2) is 22.1 Å². The fourth-order valence-electron chi connectivity index (χ4n) is 1.56. The van der Waals surface area contributed by atoms with Crippen molar-refractivity contribution < 1.29 is 19.8 Å². The first-order valence-electron chi connectivity index (χ1n) is 5.51. The van der Waals surface area contributed by atoms with Gasteiger partial charge in [-0.25, -0.2) is 4.79 Å². The molecule has 1 heterocycles. The first-order chi connectivity index (χ1) is 9.40. The largest absolute Gasteiger partial charge is 0.507 e. The summed E-state index contributed by atoms with van der Waals surface area (Å²) < 4.78 is 0. The zero-order valence-corrected chi connectivity index (χ0v) is 11.9. The second kappa shape index (κ2) is 5.52. The number of carboxylic acids is 1. The highest BCUT2D eigenvalue weighted by atomic mass is 35.5. The molecule has 0 aliphatic heterocycles. The van der Waals surface area contributed by atoms with E-state index in [0.717, 1.165) is 5.56 Å². The Balaban J connectivity index is 2.26. The average Bonchev–Trinajstić information content (AvgIpc) is 2.72. The lowest BCUT2D eigenvalue weighted by molar-refractivity contribution is 0.0693. The standard InChI is InChI=1S/C13H10ClNO4S/c1-6-5-20-11(10(6)14)12(17)15-7-2-3-9(16)8(4-7)13(18)19/h2-5,16H,1H3,(H,15,17)(H,18,19). The number of carbonyl (C=O) groups is 2. The molecular formula is C13H10ClNO4S. The van der Waals surface area contributed by atoms with E-state index in [2.05, 4.69) is 5.32 Å². The van der Waals surface area contributed by atoms with Gasteiger partial charge in [-0.1, -0.05) is 11.6 Å². The second-order valence-electron chi connectivity index (χ2n) is 4.05. The number of nitrogens with one attached hydrogen (secondary N) is 1. The summed E-state index contributed by atoms with van der Waals surface area (Å²) in [6.45, 7) is 1.79. The van der Waals surface area contributed by atoms with Crippen molar-refractivity contribution in [2.75, 3.05) is 5.32 Å². The quantitative estimate of drug-likeness (QED) is 0.758. The molecule has 0 spiro atoms. The molecule has 0 atom stereocenters. The number of phenols is 1. The predicted octanol–water partition coefficient (Wildman–Crippen LogP) is 3.37. The van der Waals surface area contributed by atoms with E-state index in [9.17, 15) is 14.7 Å². The normalized spacial score (nSPS) is 10.3. The van der Waals surface area contributed by atoms with Crippen LogP contribution in [0.1, 0.15) is 25.6 Å². The maximum Gasteiger partial charge on any atom is 0.339 e. The van der Waals surface area contributed by atoms with Gasteiger partial charge in [-0.3, -0.25) is 4.79 Å². The van der Waals surface area contributed by atoms with E-state index >= 15 is 0 Å². The number of rotatable bonds is 3. The number of thiophene rings is 1. The Morgan fingerprint density at radius 3 is 2.60 bits per heavy atom. The number of hydrogen-bond donors (Lipinski definition) is 3. The van der Waals surface area contributed by atoms with Gasteiger partial charge in [0.15, 0.2) is 0 Å². The Bertz CT molecular complexity index is 696. The fraction of sp³-hybridized carbons (Fsp3) is 0.0769. The Morgan fingerprint density at radius 1 is 1.35 bits per heavy atom. The van der Waals surface area contributed by atoms with Crippen LogP contribution < -0.4 is 5.32 Å². The highest BCUT2D eigenvalue weighted by molar-refractivity contribution is 7.13. The van der Waals surface area contributed by atoms with Gasteiger partial charge in [-0.15, -0.1) is 11.3 Å². The topological polar surface area (TPSA) is 86.6 Å². The molecule has 3 N–H and O–H groups in total. The molecule has 0 unspecified atom stereocenters. The molecule has 0 radical (unpaired) electrons. The van der Waals surface area contributed by atoms with Crippen molar-refractivity contribution in [3.63, 3.8) is 0 Å². The van der Waals surface area contributed by atoms with Crippen LogP contribution in [0.2, 0.25) is 5.02 Å². The lowest BCUT2D eigenvalue weighted by atomic mass is 10.2. The minimum absolute atomic E-state index is 0.271. The summed E-state index contributed by atoms with van der Waals surface area (Å²) in [7, 11) is 0. The van der Waals surface area contributed by atoms with Crippen LogP contribution in [0.3, 0.4) is 0 Å². The van der Waals surface area contributed by atoms with Crippen molar-refractivity contribution in [3.8, 4) is 5.75 Å². The summed E-state index contributed by atoms with van der Waals surface area (Å²) in [6.07, 6.45) is 0. The van der Waals surface area contributed by atoms with Gasteiger partial charge in [0, 0.05) is 5.69 Å². The Labute approximate surface area is 123 Å². The number of aromatic carboxylic acids is 1. The molecule has 2 aromatic rings. The van der Waals surface area contributed by atoms with Crippen LogP contribution in [0, 0.1) is 6.92 Å². The zero-order chi connectivity index (χ0) is 14.9. The van der Waals surface area contributed by atoms with E-state index in [4.69, 9.17) is 16.7 Å². The molecule has 0 aliphatic rings. The summed E-state index contributed by atoms with van der Waals surface area (Å²) in [5.74, 6) is -2.06. The van der Waals surface area contributed by atoms with Crippen molar-refractivity contribution in [2.24, 2.45) is 0 Å². The van der Waals surface area contributed by atoms with Gasteiger partial charge in [0.05, 0.1) is 5.02 Å². The van der Waals surface area contributed by atoms with Crippen LogP contribution in [0.15, 0.2) is 23.6 Å². The minimum atomic E-state index is -1.27.